The zero-order valence-corrected chi connectivity index (χ0v) is 10.0. The summed E-state index contributed by atoms with van der Waals surface area (Å²) in [6.45, 7) is 2.28. The van der Waals surface area contributed by atoms with E-state index in [9.17, 15) is 9.59 Å². The number of likely N-dealkylation sites (N-methyl/N-ethyl adjacent to an activating group) is 1. The lowest BCUT2D eigenvalue weighted by molar-refractivity contribution is 0.0748. The molecule has 0 aromatic heterocycles. The first-order chi connectivity index (χ1) is 7.97. The van der Waals surface area contributed by atoms with Gasteiger partial charge in [-0.05, 0) is 31.2 Å². The number of carbonyl (C=O) groups is 2. The molecular weight excluding hydrogens is 218 g/mol. The van der Waals surface area contributed by atoms with Gasteiger partial charge in [-0.2, -0.15) is 0 Å². The van der Waals surface area contributed by atoms with Crippen molar-refractivity contribution in [2.45, 2.75) is 13.0 Å². The smallest absolute Gasteiger partial charge is 0.253 e. The van der Waals surface area contributed by atoms with Crippen LogP contribution in [0.2, 0.25) is 0 Å². The fraction of sp³-hybridized carbons (Fsp3) is 0.333. The summed E-state index contributed by atoms with van der Waals surface area (Å²) in [6, 6.07) is 6.22. The maximum atomic E-state index is 12.0. The molecule has 0 aliphatic rings. The molecule has 0 fully saturated rings. The number of amides is 2. The Kier molecular flexibility index (Phi) is 4.23. The molecule has 1 atom stereocenters. The predicted octanol–water partition coefficient (Wildman–Crippen LogP) is 0.205. The van der Waals surface area contributed by atoms with Crippen molar-refractivity contribution >= 4 is 11.8 Å². The summed E-state index contributed by atoms with van der Waals surface area (Å²) in [5.41, 5.74) is 11.5. The van der Waals surface area contributed by atoms with Crippen LogP contribution in [-0.2, 0) is 0 Å². The Bertz CT molecular complexity index is 414. The summed E-state index contributed by atoms with van der Waals surface area (Å²) in [6.07, 6.45) is 0. The zero-order valence-electron chi connectivity index (χ0n) is 10.0. The van der Waals surface area contributed by atoms with Crippen LogP contribution in [0.5, 0.6) is 0 Å². The van der Waals surface area contributed by atoms with Gasteiger partial charge in [-0.15, -0.1) is 0 Å². The number of primary amides is 1. The normalized spacial score (nSPS) is 11.9. The number of carbonyl (C=O) groups excluding carboxylic acids is 2. The molecule has 0 saturated carbocycles. The highest BCUT2D eigenvalue weighted by Gasteiger charge is 2.16. The molecule has 1 rings (SSSR count). The van der Waals surface area contributed by atoms with Crippen LogP contribution in [0.3, 0.4) is 0 Å². The molecule has 5 heteroatoms. The monoisotopic (exact) mass is 235 g/mol. The Balaban J connectivity index is 2.86. The minimum Gasteiger partial charge on any atom is -0.366 e. The van der Waals surface area contributed by atoms with Gasteiger partial charge in [0.2, 0.25) is 5.91 Å². The van der Waals surface area contributed by atoms with Crippen molar-refractivity contribution in [1.82, 2.24) is 4.90 Å². The van der Waals surface area contributed by atoms with E-state index in [1.807, 2.05) is 6.92 Å². The Morgan fingerprint density at radius 1 is 1.24 bits per heavy atom. The molecule has 1 aromatic carbocycles. The highest BCUT2D eigenvalue weighted by molar-refractivity contribution is 5.97. The summed E-state index contributed by atoms with van der Waals surface area (Å²) in [5.74, 6) is -0.633. The van der Waals surface area contributed by atoms with E-state index in [-0.39, 0.29) is 11.9 Å². The molecule has 4 N–H and O–H groups in total. The third-order valence-corrected chi connectivity index (χ3v) is 2.74. The number of hydrogen-bond donors (Lipinski definition) is 2. The van der Waals surface area contributed by atoms with Gasteiger partial charge in [0.25, 0.3) is 5.91 Å². The molecule has 0 radical (unpaired) electrons. The first kappa shape index (κ1) is 13.2. The first-order valence-electron chi connectivity index (χ1n) is 5.34. The maximum absolute atomic E-state index is 12.0. The number of rotatable bonds is 4. The van der Waals surface area contributed by atoms with Crippen molar-refractivity contribution in [2.24, 2.45) is 11.5 Å². The van der Waals surface area contributed by atoms with Crippen LogP contribution in [0.15, 0.2) is 24.3 Å². The second-order valence-corrected chi connectivity index (χ2v) is 3.94. The van der Waals surface area contributed by atoms with Crippen LogP contribution in [0.25, 0.3) is 0 Å². The summed E-state index contributed by atoms with van der Waals surface area (Å²) >= 11 is 0. The van der Waals surface area contributed by atoms with Crippen molar-refractivity contribution in [3.8, 4) is 0 Å². The Morgan fingerprint density at radius 2 is 1.71 bits per heavy atom. The van der Waals surface area contributed by atoms with E-state index in [0.29, 0.717) is 17.7 Å². The van der Waals surface area contributed by atoms with Gasteiger partial charge in [-0.3, -0.25) is 9.59 Å². The van der Waals surface area contributed by atoms with Crippen LogP contribution in [0.1, 0.15) is 27.6 Å². The number of benzene rings is 1. The van der Waals surface area contributed by atoms with E-state index in [1.54, 1.807) is 24.1 Å². The van der Waals surface area contributed by atoms with Crippen LogP contribution in [-0.4, -0.2) is 36.3 Å². The Labute approximate surface area is 100 Å². The molecule has 0 heterocycles. The summed E-state index contributed by atoms with van der Waals surface area (Å²) < 4.78 is 0. The van der Waals surface area contributed by atoms with E-state index in [1.165, 1.54) is 12.1 Å². The maximum Gasteiger partial charge on any atom is 0.253 e. The molecule has 0 aliphatic carbocycles. The molecule has 1 aromatic rings. The Morgan fingerprint density at radius 3 is 2.12 bits per heavy atom. The minimum absolute atomic E-state index is 0.0293. The highest BCUT2D eigenvalue weighted by Crippen LogP contribution is 2.08. The minimum atomic E-state index is -0.507. The molecule has 1 unspecified atom stereocenters. The molecule has 2 amide bonds. The molecule has 0 spiro atoms. The van der Waals surface area contributed by atoms with Crippen molar-refractivity contribution in [3.63, 3.8) is 0 Å². The van der Waals surface area contributed by atoms with E-state index >= 15 is 0 Å². The van der Waals surface area contributed by atoms with Gasteiger partial charge in [0, 0.05) is 30.8 Å². The zero-order chi connectivity index (χ0) is 13.0. The van der Waals surface area contributed by atoms with E-state index in [0.717, 1.165) is 0 Å². The molecule has 5 nitrogen and oxygen atoms in total. The lowest BCUT2D eigenvalue weighted by Gasteiger charge is -2.23. The molecule has 92 valence electrons. The van der Waals surface area contributed by atoms with Gasteiger partial charge in [-0.25, -0.2) is 0 Å². The fourth-order valence-electron chi connectivity index (χ4n) is 1.34. The molecule has 0 saturated heterocycles. The average Bonchev–Trinajstić information content (AvgIpc) is 2.36. The molecule has 0 bridgehead atoms. The van der Waals surface area contributed by atoms with Crippen LogP contribution < -0.4 is 11.5 Å². The molecular formula is C12H17N3O2. The number of nitrogens with two attached hydrogens (primary N) is 2. The third kappa shape index (κ3) is 3.04. The van der Waals surface area contributed by atoms with Crippen LogP contribution in [0, 0.1) is 0 Å². The lowest BCUT2D eigenvalue weighted by atomic mass is 10.1. The predicted molar refractivity (Wildman–Crippen MR) is 65.6 cm³/mol. The topological polar surface area (TPSA) is 89.4 Å². The Hall–Kier alpha value is -1.88. The van der Waals surface area contributed by atoms with Crippen molar-refractivity contribution in [3.05, 3.63) is 35.4 Å². The second-order valence-electron chi connectivity index (χ2n) is 3.94. The fourth-order valence-corrected chi connectivity index (χ4v) is 1.34. The highest BCUT2D eigenvalue weighted by atomic mass is 16.2. The third-order valence-electron chi connectivity index (χ3n) is 2.74. The van der Waals surface area contributed by atoms with Crippen LogP contribution in [0.4, 0.5) is 0 Å². The first-order valence-corrected chi connectivity index (χ1v) is 5.34. The SMILES string of the molecule is CC(CN)N(C)C(=O)c1ccc(C(N)=O)cc1. The van der Waals surface area contributed by atoms with E-state index in [2.05, 4.69) is 0 Å². The van der Waals surface area contributed by atoms with Gasteiger partial charge >= 0.3 is 0 Å². The van der Waals surface area contributed by atoms with Gasteiger partial charge in [0.15, 0.2) is 0 Å². The number of nitrogens with zero attached hydrogens (tertiary/aromatic N) is 1. The summed E-state index contributed by atoms with van der Waals surface area (Å²) in [4.78, 5) is 24.4. The second kappa shape index (κ2) is 5.45. The quantitative estimate of drug-likeness (QED) is 0.781. The molecule has 0 aliphatic heterocycles. The lowest BCUT2D eigenvalue weighted by Crippen LogP contribution is -2.39. The summed E-state index contributed by atoms with van der Waals surface area (Å²) in [7, 11) is 1.70. The van der Waals surface area contributed by atoms with Crippen molar-refractivity contribution < 1.29 is 9.59 Å². The van der Waals surface area contributed by atoms with E-state index < -0.39 is 5.91 Å². The standard InChI is InChI=1S/C12H17N3O2/c1-8(7-13)15(2)12(17)10-5-3-9(4-6-10)11(14)16/h3-6,8H,7,13H2,1-2H3,(H2,14,16). The van der Waals surface area contributed by atoms with Gasteiger partial charge < -0.3 is 16.4 Å². The average molecular weight is 235 g/mol. The summed E-state index contributed by atoms with van der Waals surface area (Å²) in [5, 5.41) is 0. The van der Waals surface area contributed by atoms with Crippen LogP contribution >= 0.6 is 0 Å². The van der Waals surface area contributed by atoms with Gasteiger partial charge in [0.05, 0.1) is 0 Å². The van der Waals surface area contributed by atoms with Gasteiger partial charge in [0.1, 0.15) is 0 Å². The van der Waals surface area contributed by atoms with Crippen molar-refractivity contribution in [2.75, 3.05) is 13.6 Å². The largest absolute Gasteiger partial charge is 0.366 e. The van der Waals surface area contributed by atoms with E-state index in [4.69, 9.17) is 11.5 Å². The van der Waals surface area contributed by atoms with Crippen molar-refractivity contribution in [1.29, 1.82) is 0 Å². The molecule has 17 heavy (non-hydrogen) atoms. The number of hydrogen-bond acceptors (Lipinski definition) is 3. The van der Waals surface area contributed by atoms with Gasteiger partial charge in [-0.1, -0.05) is 0 Å².